The van der Waals surface area contributed by atoms with Crippen molar-refractivity contribution in [2.45, 2.75) is 19.9 Å². The van der Waals surface area contributed by atoms with Crippen molar-refractivity contribution in [3.05, 3.63) is 53.2 Å². The normalized spacial score (nSPS) is 11.6. The number of nitrogens with one attached hydrogen (secondary N) is 1. The van der Waals surface area contributed by atoms with Crippen LogP contribution in [0.2, 0.25) is 0 Å². The summed E-state index contributed by atoms with van der Waals surface area (Å²) >= 11 is 0. The molecular weight excluding hydrogens is 236 g/mol. The molecule has 0 saturated heterocycles. The zero-order valence-electron chi connectivity index (χ0n) is 11.0. The number of aromatic nitrogens is 1. The largest absolute Gasteiger partial charge is 0.399 e. The lowest BCUT2D eigenvalue weighted by molar-refractivity contribution is 0.872. The number of hydrogen-bond acceptors (Lipinski definition) is 4. The molecule has 0 aliphatic carbocycles. The van der Waals surface area contributed by atoms with Gasteiger partial charge in [0, 0.05) is 11.4 Å². The second-order valence-electron chi connectivity index (χ2n) is 4.53. The summed E-state index contributed by atoms with van der Waals surface area (Å²) in [7, 11) is 0. The van der Waals surface area contributed by atoms with Crippen molar-refractivity contribution in [3.63, 3.8) is 0 Å². The average Bonchev–Trinajstić information content (AvgIpc) is 2.38. The van der Waals surface area contributed by atoms with E-state index in [0.29, 0.717) is 11.4 Å². The maximum Gasteiger partial charge on any atom is 0.127 e. The van der Waals surface area contributed by atoms with E-state index in [4.69, 9.17) is 11.0 Å². The van der Waals surface area contributed by atoms with Gasteiger partial charge in [0.05, 0.1) is 17.7 Å². The molecule has 2 rings (SSSR count). The lowest BCUT2D eigenvalue weighted by Crippen LogP contribution is -2.09. The van der Waals surface area contributed by atoms with Gasteiger partial charge in [0.15, 0.2) is 0 Å². The van der Waals surface area contributed by atoms with E-state index >= 15 is 0 Å². The summed E-state index contributed by atoms with van der Waals surface area (Å²) < 4.78 is 0. The number of hydrogen-bond donors (Lipinski definition) is 2. The van der Waals surface area contributed by atoms with Gasteiger partial charge in [-0.15, -0.1) is 0 Å². The van der Waals surface area contributed by atoms with E-state index in [9.17, 15) is 0 Å². The maximum absolute atomic E-state index is 8.95. The van der Waals surface area contributed by atoms with Gasteiger partial charge >= 0.3 is 0 Å². The molecule has 0 amide bonds. The molecule has 0 saturated carbocycles. The second kappa shape index (κ2) is 5.40. The molecule has 4 heteroatoms. The van der Waals surface area contributed by atoms with Gasteiger partial charge in [-0.25, -0.2) is 4.98 Å². The Labute approximate surface area is 112 Å². The first kappa shape index (κ1) is 12.9. The van der Waals surface area contributed by atoms with E-state index in [-0.39, 0.29) is 6.04 Å². The standard InChI is InChI=1S/C15H16N4/c1-10-6-12(9-16)7-15(18-10)19-11(2)13-4-3-5-14(17)8-13/h3-8,11H,17H2,1-2H3,(H,18,19). The highest BCUT2D eigenvalue weighted by Gasteiger charge is 2.07. The first-order valence-electron chi connectivity index (χ1n) is 6.09. The van der Waals surface area contributed by atoms with Crippen LogP contribution < -0.4 is 11.1 Å². The highest BCUT2D eigenvalue weighted by atomic mass is 15.0. The van der Waals surface area contributed by atoms with Crippen molar-refractivity contribution >= 4 is 11.5 Å². The van der Waals surface area contributed by atoms with Crippen LogP contribution in [0.4, 0.5) is 11.5 Å². The predicted molar refractivity (Wildman–Crippen MR) is 76.6 cm³/mol. The molecule has 0 aliphatic rings. The first-order chi connectivity index (χ1) is 9.08. The molecule has 1 heterocycles. The van der Waals surface area contributed by atoms with Gasteiger partial charge in [-0.3, -0.25) is 0 Å². The molecule has 1 unspecified atom stereocenters. The number of rotatable bonds is 3. The molecule has 2 aromatic rings. The van der Waals surface area contributed by atoms with Crippen LogP contribution in [-0.2, 0) is 0 Å². The second-order valence-corrected chi connectivity index (χ2v) is 4.53. The van der Waals surface area contributed by atoms with Gasteiger partial charge in [-0.2, -0.15) is 5.26 Å². The van der Waals surface area contributed by atoms with Crippen molar-refractivity contribution < 1.29 is 0 Å². The maximum atomic E-state index is 8.95. The van der Waals surface area contributed by atoms with Gasteiger partial charge in [0.1, 0.15) is 5.82 Å². The number of nitrogen functional groups attached to an aromatic ring is 1. The third-order valence-electron chi connectivity index (χ3n) is 2.86. The van der Waals surface area contributed by atoms with Crippen molar-refractivity contribution in [1.82, 2.24) is 4.98 Å². The molecule has 96 valence electrons. The fourth-order valence-corrected chi connectivity index (χ4v) is 1.94. The van der Waals surface area contributed by atoms with Crippen LogP contribution in [0.3, 0.4) is 0 Å². The summed E-state index contributed by atoms with van der Waals surface area (Å²) in [6.45, 7) is 3.90. The molecular formula is C15H16N4. The Hall–Kier alpha value is -2.54. The topological polar surface area (TPSA) is 74.7 Å². The minimum absolute atomic E-state index is 0.0735. The van der Waals surface area contributed by atoms with Gasteiger partial charge in [0.2, 0.25) is 0 Å². The lowest BCUT2D eigenvalue weighted by atomic mass is 10.1. The van der Waals surface area contributed by atoms with E-state index in [1.165, 1.54) is 0 Å². The summed E-state index contributed by atoms with van der Waals surface area (Å²) in [6, 6.07) is 13.4. The Morgan fingerprint density at radius 3 is 2.79 bits per heavy atom. The highest BCUT2D eigenvalue weighted by molar-refractivity contribution is 5.48. The van der Waals surface area contributed by atoms with Crippen molar-refractivity contribution in [2.24, 2.45) is 0 Å². The van der Waals surface area contributed by atoms with Gasteiger partial charge in [-0.05, 0) is 43.7 Å². The van der Waals surface area contributed by atoms with Gasteiger partial charge < -0.3 is 11.1 Å². The predicted octanol–water partition coefficient (Wildman–Crippen LogP) is 3.02. The Bertz CT molecular complexity index is 628. The minimum Gasteiger partial charge on any atom is -0.399 e. The van der Waals surface area contributed by atoms with Crippen molar-refractivity contribution in [3.8, 4) is 6.07 Å². The summed E-state index contributed by atoms with van der Waals surface area (Å²) in [5, 5.41) is 12.2. The number of nitrogens with two attached hydrogens (primary N) is 1. The third-order valence-corrected chi connectivity index (χ3v) is 2.86. The van der Waals surface area contributed by atoms with Crippen LogP contribution in [0.15, 0.2) is 36.4 Å². The Morgan fingerprint density at radius 2 is 2.11 bits per heavy atom. The monoisotopic (exact) mass is 252 g/mol. The molecule has 0 aliphatic heterocycles. The number of pyridine rings is 1. The third kappa shape index (κ3) is 3.23. The Kier molecular flexibility index (Phi) is 3.67. The van der Waals surface area contributed by atoms with Crippen molar-refractivity contribution in [2.75, 3.05) is 11.1 Å². The Morgan fingerprint density at radius 1 is 1.32 bits per heavy atom. The summed E-state index contributed by atoms with van der Waals surface area (Å²) in [5.74, 6) is 0.700. The zero-order chi connectivity index (χ0) is 13.8. The molecule has 1 atom stereocenters. The van der Waals surface area contributed by atoms with Crippen molar-refractivity contribution in [1.29, 1.82) is 5.26 Å². The lowest BCUT2D eigenvalue weighted by Gasteiger charge is -2.16. The summed E-state index contributed by atoms with van der Waals surface area (Å²) in [5.41, 5.74) is 9.02. The number of nitrogens with zero attached hydrogens (tertiary/aromatic N) is 2. The quantitative estimate of drug-likeness (QED) is 0.823. The number of aryl methyl sites for hydroxylation is 1. The van der Waals surface area contributed by atoms with E-state index in [1.807, 2.05) is 38.1 Å². The van der Waals surface area contributed by atoms with E-state index in [2.05, 4.69) is 16.4 Å². The first-order valence-corrected chi connectivity index (χ1v) is 6.09. The SMILES string of the molecule is Cc1cc(C#N)cc(NC(C)c2cccc(N)c2)n1. The molecule has 0 bridgehead atoms. The Balaban J connectivity index is 2.21. The van der Waals surface area contributed by atoms with Crippen LogP contribution in [0.25, 0.3) is 0 Å². The molecule has 3 N–H and O–H groups in total. The molecule has 0 fully saturated rings. The van der Waals surface area contributed by atoms with E-state index in [0.717, 1.165) is 16.9 Å². The number of benzene rings is 1. The molecule has 1 aromatic heterocycles. The molecule has 1 aromatic carbocycles. The van der Waals surface area contributed by atoms with Crippen LogP contribution >= 0.6 is 0 Å². The van der Waals surface area contributed by atoms with Crippen LogP contribution in [-0.4, -0.2) is 4.98 Å². The fraction of sp³-hybridized carbons (Fsp3) is 0.200. The fourth-order valence-electron chi connectivity index (χ4n) is 1.94. The smallest absolute Gasteiger partial charge is 0.127 e. The summed E-state index contributed by atoms with van der Waals surface area (Å²) in [6.07, 6.45) is 0. The zero-order valence-corrected chi connectivity index (χ0v) is 11.0. The van der Waals surface area contributed by atoms with Crippen LogP contribution in [0.5, 0.6) is 0 Å². The average molecular weight is 252 g/mol. The number of nitriles is 1. The molecule has 0 radical (unpaired) electrons. The molecule has 19 heavy (non-hydrogen) atoms. The molecule has 4 nitrogen and oxygen atoms in total. The van der Waals surface area contributed by atoms with Crippen LogP contribution in [0, 0.1) is 18.3 Å². The molecule has 0 spiro atoms. The highest BCUT2D eigenvalue weighted by Crippen LogP contribution is 2.20. The van der Waals surface area contributed by atoms with Gasteiger partial charge in [-0.1, -0.05) is 12.1 Å². The van der Waals surface area contributed by atoms with Crippen LogP contribution in [0.1, 0.15) is 29.8 Å². The summed E-state index contributed by atoms with van der Waals surface area (Å²) in [4.78, 5) is 4.38. The van der Waals surface area contributed by atoms with Gasteiger partial charge in [0.25, 0.3) is 0 Å². The van der Waals surface area contributed by atoms with E-state index in [1.54, 1.807) is 12.1 Å². The minimum atomic E-state index is 0.0735. The van der Waals surface area contributed by atoms with E-state index < -0.39 is 0 Å². The number of anilines is 2.